The summed E-state index contributed by atoms with van der Waals surface area (Å²) in [6.45, 7) is 0. The van der Waals surface area contributed by atoms with Crippen molar-refractivity contribution >= 4 is 28.3 Å². The van der Waals surface area contributed by atoms with E-state index in [9.17, 15) is 0 Å². The number of nitrogens with one attached hydrogen (secondary N) is 1. The van der Waals surface area contributed by atoms with E-state index in [1.54, 1.807) is 0 Å². The molecule has 1 aromatic carbocycles. The van der Waals surface area contributed by atoms with Crippen LogP contribution in [0.2, 0.25) is 0 Å². The van der Waals surface area contributed by atoms with Crippen molar-refractivity contribution in [3.05, 3.63) is 35.9 Å². The van der Waals surface area contributed by atoms with Crippen LogP contribution in [-0.2, 0) is 0 Å². The fourth-order valence-corrected chi connectivity index (χ4v) is 1.78. The van der Waals surface area contributed by atoms with Crippen LogP contribution < -0.4 is 5.43 Å². The van der Waals surface area contributed by atoms with Gasteiger partial charge in [-0.25, -0.2) is 0 Å². The van der Waals surface area contributed by atoms with Crippen LogP contribution in [0, 0.1) is 0 Å². The molecule has 0 fully saturated rings. The van der Waals surface area contributed by atoms with Gasteiger partial charge in [-0.05, 0) is 5.56 Å². The summed E-state index contributed by atoms with van der Waals surface area (Å²) in [4.78, 5) is 0. The molecule has 0 amide bonds. The summed E-state index contributed by atoms with van der Waals surface area (Å²) in [6, 6.07) is 10.3. The Morgan fingerprint density at radius 1 is 1.33 bits per heavy atom. The number of rotatable bonds is 1. The molecule has 0 aromatic heterocycles. The molecule has 0 radical (unpaired) electrons. The molecule has 12 heavy (non-hydrogen) atoms. The van der Waals surface area contributed by atoms with Crippen LogP contribution in [-0.4, -0.2) is 9.76 Å². The second kappa shape index (κ2) is 3.43. The Kier molecular flexibility index (Phi) is 2.30. The standard InChI is InChI=1S/C9H9IN2/c10-9-6-8(11-12-9)7-4-2-1-3-5-7/h1-5,9,12H,6H2. The normalized spacial score (nSPS) is 21.8. The maximum atomic E-state index is 4.25. The van der Waals surface area contributed by atoms with Crippen molar-refractivity contribution in [2.24, 2.45) is 5.10 Å². The maximum absolute atomic E-state index is 4.25. The average Bonchev–Trinajstić information content (AvgIpc) is 2.54. The third-order valence-corrected chi connectivity index (χ3v) is 2.54. The summed E-state index contributed by atoms with van der Waals surface area (Å²) in [5.74, 6) is 0. The lowest BCUT2D eigenvalue weighted by molar-refractivity contribution is 0.787. The number of nitrogens with zero attached hydrogens (tertiary/aromatic N) is 1. The molecular weight excluding hydrogens is 263 g/mol. The molecule has 1 heterocycles. The summed E-state index contributed by atoms with van der Waals surface area (Å²) >= 11 is 2.35. The van der Waals surface area contributed by atoms with Gasteiger partial charge >= 0.3 is 0 Å². The Hall–Kier alpha value is -0.580. The summed E-state index contributed by atoms with van der Waals surface area (Å²) in [6.07, 6.45) is 1.02. The average molecular weight is 272 g/mol. The Morgan fingerprint density at radius 3 is 2.67 bits per heavy atom. The molecule has 3 heteroatoms. The van der Waals surface area contributed by atoms with Crippen molar-refractivity contribution in [2.45, 2.75) is 10.5 Å². The van der Waals surface area contributed by atoms with Gasteiger partial charge in [-0.15, -0.1) is 0 Å². The van der Waals surface area contributed by atoms with Gasteiger partial charge in [0.25, 0.3) is 0 Å². The molecule has 0 spiro atoms. The van der Waals surface area contributed by atoms with Gasteiger partial charge in [0.1, 0.15) is 4.05 Å². The van der Waals surface area contributed by atoms with Crippen LogP contribution in [0.3, 0.4) is 0 Å². The predicted octanol–water partition coefficient (Wildman–Crippen LogP) is 2.15. The molecule has 1 aliphatic rings. The molecule has 0 saturated heterocycles. The highest BCUT2D eigenvalue weighted by molar-refractivity contribution is 14.1. The predicted molar refractivity (Wildman–Crippen MR) is 58.5 cm³/mol. The summed E-state index contributed by atoms with van der Waals surface area (Å²) in [7, 11) is 0. The molecule has 1 N–H and O–H groups in total. The number of halogens is 1. The molecule has 1 aliphatic heterocycles. The smallest absolute Gasteiger partial charge is 0.101 e. The zero-order valence-corrected chi connectivity index (χ0v) is 8.65. The lowest BCUT2D eigenvalue weighted by Gasteiger charge is -1.98. The number of hydrogen-bond acceptors (Lipinski definition) is 2. The maximum Gasteiger partial charge on any atom is 0.101 e. The van der Waals surface area contributed by atoms with Crippen molar-refractivity contribution < 1.29 is 0 Å². The lowest BCUT2D eigenvalue weighted by atomic mass is 10.1. The van der Waals surface area contributed by atoms with Crippen LogP contribution in [0.1, 0.15) is 12.0 Å². The molecular formula is C9H9IN2. The molecule has 0 aliphatic carbocycles. The van der Waals surface area contributed by atoms with Gasteiger partial charge < -0.3 is 0 Å². The zero-order valence-electron chi connectivity index (χ0n) is 6.50. The van der Waals surface area contributed by atoms with Crippen LogP contribution in [0.15, 0.2) is 35.4 Å². The third-order valence-electron chi connectivity index (χ3n) is 1.82. The van der Waals surface area contributed by atoms with E-state index in [1.165, 1.54) is 5.56 Å². The zero-order chi connectivity index (χ0) is 8.39. The van der Waals surface area contributed by atoms with Gasteiger partial charge in [0, 0.05) is 6.42 Å². The molecule has 1 unspecified atom stereocenters. The first-order valence-corrected chi connectivity index (χ1v) is 5.12. The fourth-order valence-electron chi connectivity index (χ4n) is 1.22. The number of alkyl halides is 1. The highest BCUT2D eigenvalue weighted by atomic mass is 127. The Bertz CT molecular complexity index is 295. The highest BCUT2D eigenvalue weighted by Crippen LogP contribution is 2.15. The van der Waals surface area contributed by atoms with E-state index in [-0.39, 0.29) is 0 Å². The van der Waals surface area contributed by atoms with E-state index in [4.69, 9.17) is 0 Å². The second-order valence-electron chi connectivity index (χ2n) is 2.73. The minimum absolute atomic E-state index is 0.456. The van der Waals surface area contributed by atoms with Crippen molar-refractivity contribution in [2.75, 3.05) is 0 Å². The van der Waals surface area contributed by atoms with E-state index < -0.39 is 0 Å². The molecule has 1 aromatic rings. The van der Waals surface area contributed by atoms with Crippen molar-refractivity contribution in [1.82, 2.24) is 5.43 Å². The quantitative estimate of drug-likeness (QED) is 0.473. The molecule has 0 saturated carbocycles. The van der Waals surface area contributed by atoms with Gasteiger partial charge in [0.2, 0.25) is 0 Å². The van der Waals surface area contributed by atoms with Gasteiger partial charge in [0.15, 0.2) is 0 Å². The van der Waals surface area contributed by atoms with Crippen molar-refractivity contribution in [3.63, 3.8) is 0 Å². The first-order valence-electron chi connectivity index (χ1n) is 3.88. The minimum Gasteiger partial charge on any atom is -0.297 e. The number of hydrogen-bond donors (Lipinski definition) is 1. The summed E-state index contributed by atoms with van der Waals surface area (Å²) < 4.78 is 0.456. The van der Waals surface area contributed by atoms with E-state index >= 15 is 0 Å². The van der Waals surface area contributed by atoms with Crippen molar-refractivity contribution in [3.8, 4) is 0 Å². The monoisotopic (exact) mass is 272 g/mol. The van der Waals surface area contributed by atoms with Gasteiger partial charge in [-0.1, -0.05) is 52.9 Å². The molecule has 1 atom stereocenters. The van der Waals surface area contributed by atoms with E-state index in [0.717, 1.165) is 12.1 Å². The van der Waals surface area contributed by atoms with Crippen LogP contribution in [0.4, 0.5) is 0 Å². The SMILES string of the molecule is IC1CC(c2ccccc2)=NN1. The first-order chi connectivity index (χ1) is 5.86. The number of benzene rings is 1. The number of hydrazone groups is 1. The molecule has 62 valence electrons. The highest BCUT2D eigenvalue weighted by Gasteiger charge is 2.15. The largest absolute Gasteiger partial charge is 0.297 e. The Labute approximate surface area is 85.2 Å². The van der Waals surface area contributed by atoms with Crippen LogP contribution in [0.5, 0.6) is 0 Å². The van der Waals surface area contributed by atoms with E-state index in [0.29, 0.717) is 4.05 Å². The Morgan fingerprint density at radius 2 is 2.08 bits per heavy atom. The fraction of sp³-hybridized carbons (Fsp3) is 0.222. The first kappa shape index (κ1) is 8.04. The van der Waals surface area contributed by atoms with Crippen molar-refractivity contribution in [1.29, 1.82) is 0 Å². The van der Waals surface area contributed by atoms with Crippen LogP contribution in [0.25, 0.3) is 0 Å². The molecule has 0 bridgehead atoms. The minimum atomic E-state index is 0.456. The second-order valence-corrected chi connectivity index (χ2v) is 4.23. The summed E-state index contributed by atoms with van der Waals surface area (Å²) in [5.41, 5.74) is 5.43. The van der Waals surface area contributed by atoms with E-state index in [1.807, 2.05) is 18.2 Å². The van der Waals surface area contributed by atoms with Gasteiger partial charge in [0.05, 0.1) is 5.71 Å². The third kappa shape index (κ3) is 1.60. The molecule has 2 rings (SSSR count). The van der Waals surface area contributed by atoms with Gasteiger partial charge in [-0.2, -0.15) is 5.10 Å². The summed E-state index contributed by atoms with van der Waals surface area (Å²) in [5, 5.41) is 4.25. The topological polar surface area (TPSA) is 24.4 Å². The van der Waals surface area contributed by atoms with Gasteiger partial charge in [-0.3, -0.25) is 5.43 Å². The molecule has 2 nitrogen and oxygen atoms in total. The lowest BCUT2D eigenvalue weighted by Crippen LogP contribution is -2.09. The van der Waals surface area contributed by atoms with E-state index in [2.05, 4.69) is 45.3 Å². The van der Waals surface area contributed by atoms with Crippen LogP contribution >= 0.6 is 22.6 Å². The Balaban J connectivity index is 2.22.